The summed E-state index contributed by atoms with van der Waals surface area (Å²) in [5.41, 5.74) is 10.2. The maximum absolute atomic E-state index is 5.95. The van der Waals surface area contributed by atoms with Gasteiger partial charge in [-0.15, -0.1) is 0 Å². The van der Waals surface area contributed by atoms with Crippen molar-refractivity contribution < 1.29 is 0 Å². The fraction of sp³-hybridized carbons (Fsp3) is 0.600. The van der Waals surface area contributed by atoms with Crippen molar-refractivity contribution in [2.75, 3.05) is 20.1 Å². The average molecular weight is 232 g/mol. The number of rotatable bonds is 2. The first-order chi connectivity index (χ1) is 8.13. The molecule has 2 heteroatoms. The van der Waals surface area contributed by atoms with Crippen LogP contribution in [0.3, 0.4) is 0 Å². The van der Waals surface area contributed by atoms with Crippen molar-refractivity contribution in [2.45, 2.75) is 32.7 Å². The minimum Gasteiger partial charge on any atom is -0.330 e. The molecule has 1 aromatic rings. The minimum absolute atomic E-state index is 0.509. The van der Waals surface area contributed by atoms with E-state index in [-0.39, 0.29) is 0 Å². The third-order valence-electron chi connectivity index (χ3n) is 4.05. The number of piperidine rings is 1. The molecule has 0 amide bonds. The topological polar surface area (TPSA) is 29.3 Å². The molecule has 2 atom stereocenters. The lowest BCUT2D eigenvalue weighted by atomic mass is 9.83. The summed E-state index contributed by atoms with van der Waals surface area (Å²) in [4.78, 5) is 2.47. The van der Waals surface area contributed by atoms with Gasteiger partial charge in [0.2, 0.25) is 0 Å². The molecule has 0 aliphatic carbocycles. The average Bonchev–Trinajstić information content (AvgIpc) is 2.30. The van der Waals surface area contributed by atoms with E-state index >= 15 is 0 Å². The first-order valence-corrected chi connectivity index (χ1v) is 6.61. The Morgan fingerprint density at radius 3 is 2.76 bits per heavy atom. The zero-order chi connectivity index (χ0) is 12.4. The fourth-order valence-corrected chi connectivity index (χ4v) is 3.16. The summed E-state index contributed by atoms with van der Waals surface area (Å²) in [6.07, 6.45) is 2.54. The van der Waals surface area contributed by atoms with E-state index in [1.165, 1.54) is 36.1 Å². The van der Waals surface area contributed by atoms with Crippen molar-refractivity contribution in [2.24, 2.45) is 11.7 Å². The van der Waals surface area contributed by atoms with Crippen LogP contribution in [-0.2, 0) is 0 Å². The summed E-state index contributed by atoms with van der Waals surface area (Å²) in [5.74, 6) is 0.607. The summed E-state index contributed by atoms with van der Waals surface area (Å²) in [6.45, 7) is 6.36. The Labute approximate surface area is 105 Å². The van der Waals surface area contributed by atoms with Crippen LogP contribution in [0.25, 0.3) is 0 Å². The van der Waals surface area contributed by atoms with Crippen LogP contribution in [0.4, 0.5) is 0 Å². The van der Waals surface area contributed by atoms with Gasteiger partial charge in [0.05, 0.1) is 0 Å². The molecule has 17 heavy (non-hydrogen) atoms. The highest BCUT2D eigenvalue weighted by molar-refractivity contribution is 5.33. The van der Waals surface area contributed by atoms with Gasteiger partial charge in [0, 0.05) is 6.04 Å². The summed E-state index contributed by atoms with van der Waals surface area (Å²) >= 11 is 0. The zero-order valence-electron chi connectivity index (χ0n) is 11.2. The summed E-state index contributed by atoms with van der Waals surface area (Å²) in [7, 11) is 2.23. The Balaban J connectivity index is 2.34. The van der Waals surface area contributed by atoms with Crippen LogP contribution in [0.2, 0.25) is 0 Å². The van der Waals surface area contributed by atoms with Crippen molar-refractivity contribution in [1.82, 2.24) is 4.90 Å². The monoisotopic (exact) mass is 232 g/mol. The standard InChI is InChI=1S/C15H24N2/c1-11-6-7-14(12(2)9-11)15-13(10-16)5-4-8-17(15)3/h6-7,9,13,15H,4-5,8,10,16H2,1-3H3. The van der Waals surface area contributed by atoms with Crippen LogP contribution in [0.5, 0.6) is 0 Å². The smallest absolute Gasteiger partial charge is 0.0387 e. The molecule has 0 bridgehead atoms. The highest BCUT2D eigenvalue weighted by atomic mass is 15.1. The third-order valence-corrected chi connectivity index (χ3v) is 4.05. The maximum atomic E-state index is 5.95. The molecule has 1 saturated heterocycles. The number of nitrogens with two attached hydrogens (primary N) is 1. The molecular weight excluding hydrogens is 208 g/mol. The van der Waals surface area contributed by atoms with Crippen molar-refractivity contribution in [3.8, 4) is 0 Å². The first kappa shape index (κ1) is 12.6. The van der Waals surface area contributed by atoms with E-state index in [0.717, 1.165) is 6.54 Å². The van der Waals surface area contributed by atoms with Gasteiger partial charge in [0.25, 0.3) is 0 Å². The van der Waals surface area contributed by atoms with E-state index in [1.807, 2.05) is 0 Å². The molecule has 0 radical (unpaired) electrons. The van der Waals surface area contributed by atoms with E-state index in [0.29, 0.717) is 12.0 Å². The number of likely N-dealkylation sites (tertiary alicyclic amines) is 1. The van der Waals surface area contributed by atoms with Gasteiger partial charge in [-0.05, 0) is 63.9 Å². The molecule has 1 heterocycles. The first-order valence-electron chi connectivity index (χ1n) is 6.61. The molecule has 2 N–H and O–H groups in total. The van der Waals surface area contributed by atoms with E-state index in [9.17, 15) is 0 Å². The molecule has 0 aromatic heterocycles. The van der Waals surface area contributed by atoms with Crippen molar-refractivity contribution in [3.05, 3.63) is 34.9 Å². The van der Waals surface area contributed by atoms with Gasteiger partial charge in [0.1, 0.15) is 0 Å². The molecule has 1 fully saturated rings. The second-order valence-corrected chi connectivity index (χ2v) is 5.42. The molecule has 2 rings (SSSR count). The van der Waals surface area contributed by atoms with Gasteiger partial charge >= 0.3 is 0 Å². The van der Waals surface area contributed by atoms with Gasteiger partial charge in [0.15, 0.2) is 0 Å². The van der Waals surface area contributed by atoms with E-state index in [1.54, 1.807) is 0 Å². The predicted molar refractivity (Wildman–Crippen MR) is 73.1 cm³/mol. The lowest BCUT2D eigenvalue weighted by Crippen LogP contribution is -2.39. The maximum Gasteiger partial charge on any atom is 0.0387 e. The van der Waals surface area contributed by atoms with Gasteiger partial charge in [-0.25, -0.2) is 0 Å². The SMILES string of the molecule is Cc1ccc(C2C(CN)CCCN2C)c(C)c1. The summed E-state index contributed by atoms with van der Waals surface area (Å²) in [5, 5.41) is 0. The normalized spacial score (nSPS) is 26.1. The van der Waals surface area contributed by atoms with Crippen LogP contribution < -0.4 is 5.73 Å². The van der Waals surface area contributed by atoms with E-state index in [2.05, 4.69) is 44.0 Å². The van der Waals surface area contributed by atoms with Crippen LogP contribution in [0.1, 0.15) is 35.6 Å². The van der Waals surface area contributed by atoms with E-state index < -0.39 is 0 Å². The molecule has 2 unspecified atom stereocenters. The molecule has 94 valence electrons. The number of benzene rings is 1. The zero-order valence-corrected chi connectivity index (χ0v) is 11.2. The Hall–Kier alpha value is -0.860. The molecular formula is C15H24N2. The van der Waals surface area contributed by atoms with Gasteiger partial charge in [-0.2, -0.15) is 0 Å². The Kier molecular flexibility index (Phi) is 3.85. The fourth-order valence-electron chi connectivity index (χ4n) is 3.16. The summed E-state index contributed by atoms with van der Waals surface area (Å²) < 4.78 is 0. The highest BCUT2D eigenvalue weighted by Gasteiger charge is 2.30. The predicted octanol–water partition coefficient (Wildman–Crippen LogP) is 2.65. The number of nitrogens with zero attached hydrogens (tertiary/aromatic N) is 1. The number of aryl methyl sites for hydroxylation is 2. The molecule has 1 aromatic carbocycles. The molecule has 2 nitrogen and oxygen atoms in total. The summed E-state index contributed by atoms with van der Waals surface area (Å²) in [6, 6.07) is 7.30. The van der Waals surface area contributed by atoms with Crippen molar-refractivity contribution in [3.63, 3.8) is 0 Å². The molecule has 1 aliphatic heterocycles. The number of hydrogen-bond donors (Lipinski definition) is 1. The van der Waals surface area contributed by atoms with Gasteiger partial charge < -0.3 is 5.73 Å². The second-order valence-electron chi connectivity index (χ2n) is 5.42. The van der Waals surface area contributed by atoms with Crippen LogP contribution in [0.15, 0.2) is 18.2 Å². The Bertz CT molecular complexity index is 387. The van der Waals surface area contributed by atoms with Crippen molar-refractivity contribution >= 4 is 0 Å². The highest BCUT2D eigenvalue weighted by Crippen LogP contribution is 2.35. The van der Waals surface area contributed by atoms with Crippen LogP contribution in [0, 0.1) is 19.8 Å². The lowest BCUT2D eigenvalue weighted by molar-refractivity contribution is 0.125. The Morgan fingerprint density at radius 2 is 2.12 bits per heavy atom. The lowest BCUT2D eigenvalue weighted by Gasteiger charge is -2.39. The second kappa shape index (κ2) is 5.19. The largest absolute Gasteiger partial charge is 0.330 e. The van der Waals surface area contributed by atoms with Crippen LogP contribution in [-0.4, -0.2) is 25.0 Å². The van der Waals surface area contributed by atoms with Gasteiger partial charge in [-0.3, -0.25) is 4.90 Å². The van der Waals surface area contributed by atoms with E-state index in [4.69, 9.17) is 5.73 Å². The Morgan fingerprint density at radius 1 is 1.35 bits per heavy atom. The van der Waals surface area contributed by atoms with Crippen LogP contribution >= 0.6 is 0 Å². The van der Waals surface area contributed by atoms with Gasteiger partial charge in [-0.1, -0.05) is 23.8 Å². The molecule has 0 saturated carbocycles. The molecule has 1 aliphatic rings. The quantitative estimate of drug-likeness (QED) is 0.849. The molecule has 0 spiro atoms. The third kappa shape index (κ3) is 2.53. The number of hydrogen-bond acceptors (Lipinski definition) is 2. The minimum atomic E-state index is 0.509. The van der Waals surface area contributed by atoms with Crippen molar-refractivity contribution in [1.29, 1.82) is 0 Å².